The van der Waals surface area contributed by atoms with Crippen LogP contribution in [0.3, 0.4) is 0 Å². The molecule has 0 N–H and O–H groups in total. The highest BCUT2D eigenvalue weighted by Crippen LogP contribution is 2.23. The molecule has 0 radical (unpaired) electrons. The Bertz CT molecular complexity index is 670. The minimum absolute atomic E-state index is 0. The van der Waals surface area contributed by atoms with Crippen molar-refractivity contribution in [2.75, 3.05) is 19.7 Å². The predicted octanol–water partition coefficient (Wildman–Crippen LogP) is 6.22. The fourth-order valence-corrected chi connectivity index (χ4v) is 3.82. The molecule has 2 nitrogen and oxygen atoms in total. The molecule has 2 aromatic carbocycles. The van der Waals surface area contributed by atoms with Crippen molar-refractivity contribution in [3.8, 4) is 0 Å². The standard InChI is InChI=1S/C25H35NO.ClH/c1-25(2,3)24-11-9-23(10-12-24)20-27-18-15-21-13-16-26(17-14-21)19-22-7-5-4-6-8-22;/h4-12,21H,13-20H2,1-3H3;1H. The fraction of sp³-hybridized carbons (Fsp3) is 0.520. The molecular weight excluding hydrogens is 366 g/mol. The smallest absolute Gasteiger partial charge is 0.0716 e. The highest BCUT2D eigenvalue weighted by atomic mass is 35.5. The maximum absolute atomic E-state index is 5.96. The lowest BCUT2D eigenvalue weighted by atomic mass is 9.87. The average molecular weight is 402 g/mol. The second-order valence-corrected chi connectivity index (χ2v) is 8.99. The van der Waals surface area contributed by atoms with Crippen LogP contribution >= 0.6 is 12.4 Å². The van der Waals surface area contributed by atoms with Gasteiger partial charge in [-0.1, -0.05) is 75.4 Å². The Morgan fingerprint density at radius 3 is 2.14 bits per heavy atom. The summed E-state index contributed by atoms with van der Waals surface area (Å²) in [4.78, 5) is 2.59. The van der Waals surface area contributed by atoms with E-state index in [4.69, 9.17) is 4.74 Å². The number of nitrogens with zero attached hydrogens (tertiary/aromatic N) is 1. The number of ether oxygens (including phenoxy) is 1. The molecule has 1 heterocycles. The Kier molecular flexibility index (Phi) is 9.01. The van der Waals surface area contributed by atoms with Crippen LogP contribution < -0.4 is 0 Å². The van der Waals surface area contributed by atoms with E-state index in [1.54, 1.807) is 0 Å². The first kappa shape index (κ1) is 22.9. The lowest BCUT2D eigenvalue weighted by molar-refractivity contribution is 0.0901. The zero-order chi connectivity index (χ0) is 19.1. The minimum Gasteiger partial charge on any atom is -0.377 e. The Morgan fingerprint density at radius 2 is 1.54 bits per heavy atom. The molecule has 0 amide bonds. The number of hydrogen-bond donors (Lipinski definition) is 0. The Hall–Kier alpha value is -1.35. The van der Waals surface area contributed by atoms with Gasteiger partial charge in [-0.3, -0.25) is 4.90 Å². The van der Waals surface area contributed by atoms with Gasteiger partial charge in [0, 0.05) is 13.2 Å². The molecule has 28 heavy (non-hydrogen) atoms. The molecule has 0 aliphatic carbocycles. The van der Waals surface area contributed by atoms with Crippen LogP contribution in [0, 0.1) is 5.92 Å². The second-order valence-electron chi connectivity index (χ2n) is 8.99. The molecule has 0 bridgehead atoms. The molecule has 1 aliphatic heterocycles. The minimum atomic E-state index is 0. The predicted molar refractivity (Wildman–Crippen MR) is 121 cm³/mol. The summed E-state index contributed by atoms with van der Waals surface area (Å²) in [6.45, 7) is 11.9. The molecule has 154 valence electrons. The van der Waals surface area contributed by atoms with E-state index in [0.717, 1.165) is 25.7 Å². The van der Waals surface area contributed by atoms with Gasteiger partial charge in [-0.2, -0.15) is 0 Å². The van der Waals surface area contributed by atoms with Crippen LogP contribution in [0.2, 0.25) is 0 Å². The molecule has 2 aromatic rings. The van der Waals surface area contributed by atoms with Gasteiger partial charge in [0.2, 0.25) is 0 Å². The maximum atomic E-state index is 5.96. The topological polar surface area (TPSA) is 12.5 Å². The van der Waals surface area contributed by atoms with E-state index in [1.165, 1.54) is 49.0 Å². The van der Waals surface area contributed by atoms with Gasteiger partial charge >= 0.3 is 0 Å². The molecule has 1 fully saturated rings. The summed E-state index contributed by atoms with van der Waals surface area (Å²) in [7, 11) is 0. The van der Waals surface area contributed by atoms with Gasteiger partial charge in [0.25, 0.3) is 0 Å². The van der Waals surface area contributed by atoms with Crippen LogP contribution in [0.5, 0.6) is 0 Å². The number of rotatable bonds is 7. The third-order valence-corrected chi connectivity index (χ3v) is 5.72. The largest absolute Gasteiger partial charge is 0.377 e. The summed E-state index contributed by atoms with van der Waals surface area (Å²) in [5, 5.41) is 0. The molecule has 1 aliphatic rings. The van der Waals surface area contributed by atoms with Crippen molar-refractivity contribution in [2.24, 2.45) is 5.92 Å². The number of likely N-dealkylation sites (tertiary alicyclic amines) is 1. The van der Waals surface area contributed by atoms with Gasteiger partial charge in [-0.05, 0) is 60.4 Å². The highest BCUT2D eigenvalue weighted by Gasteiger charge is 2.19. The van der Waals surface area contributed by atoms with Gasteiger partial charge in [0.05, 0.1) is 6.61 Å². The summed E-state index contributed by atoms with van der Waals surface area (Å²) in [6.07, 6.45) is 3.80. The van der Waals surface area contributed by atoms with E-state index in [1.807, 2.05) is 0 Å². The molecule has 0 saturated carbocycles. The first-order valence-electron chi connectivity index (χ1n) is 10.4. The lowest BCUT2D eigenvalue weighted by Crippen LogP contribution is -2.33. The first-order valence-corrected chi connectivity index (χ1v) is 10.4. The molecule has 1 saturated heterocycles. The van der Waals surface area contributed by atoms with Crippen LogP contribution in [0.25, 0.3) is 0 Å². The molecular formula is C25H36ClNO. The van der Waals surface area contributed by atoms with Gasteiger partial charge in [-0.15, -0.1) is 12.4 Å². The van der Waals surface area contributed by atoms with Crippen molar-refractivity contribution in [1.82, 2.24) is 4.90 Å². The number of benzene rings is 2. The van der Waals surface area contributed by atoms with Gasteiger partial charge in [0.1, 0.15) is 0 Å². The SMILES string of the molecule is CC(C)(C)c1ccc(COCCC2CCN(Cc3ccccc3)CC2)cc1.Cl. The molecule has 3 rings (SSSR count). The van der Waals surface area contributed by atoms with Crippen molar-refractivity contribution in [3.05, 3.63) is 71.3 Å². The maximum Gasteiger partial charge on any atom is 0.0716 e. The number of halogens is 1. The number of piperidine rings is 1. The van der Waals surface area contributed by atoms with Crippen LogP contribution in [0.1, 0.15) is 56.7 Å². The van der Waals surface area contributed by atoms with Crippen LogP contribution in [-0.4, -0.2) is 24.6 Å². The summed E-state index contributed by atoms with van der Waals surface area (Å²) in [5.74, 6) is 0.820. The molecule has 0 unspecified atom stereocenters. The summed E-state index contributed by atoms with van der Waals surface area (Å²) < 4.78 is 5.96. The zero-order valence-corrected chi connectivity index (χ0v) is 18.5. The monoisotopic (exact) mass is 401 g/mol. The van der Waals surface area contributed by atoms with Crippen molar-refractivity contribution < 1.29 is 4.74 Å². The van der Waals surface area contributed by atoms with Crippen molar-refractivity contribution in [3.63, 3.8) is 0 Å². The molecule has 0 atom stereocenters. The molecule has 0 aromatic heterocycles. The zero-order valence-electron chi connectivity index (χ0n) is 17.7. The van der Waals surface area contributed by atoms with E-state index in [2.05, 4.69) is 80.3 Å². The summed E-state index contributed by atoms with van der Waals surface area (Å²) in [6, 6.07) is 19.7. The van der Waals surface area contributed by atoms with Crippen molar-refractivity contribution >= 4 is 12.4 Å². The first-order chi connectivity index (χ1) is 13.0. The fourth-order valence-electron chi connectivity index (χ4n) is 3.82. The van der Waals surface area contributed by atoms with E-state index in [-0.39, 0.29) is 17.8 Å². The van der Waals surface area contributed by atoms with Gasteiger partial charge in [-0.25, -0.2) is 0 Å². The van der Waals surface area contributed by atoms with Crippen LogP contribution in [0.15, 0.2) is 54.6 Å². The molecule has 0 spiro atoms. The van der Waals surface area contributed by atoms with Crippen LogP contribution in [0.4, 0.5) is 0 Å². The average Bonchev–Trinajstić information content (AvgIpc) is 2.67. The Morgan fingerprint density at radius 1 is 0.893 bits per heavy atom. The Labute approximate surface area is 177 Å². The summed E-state index contributed by atoms with van der Waals surface area (Å²) >= 11 is 0. The normalized spacial score (nSPS) is 16.0. The van der Waals surface area contributed by atoms with Crippen LogP contribution in [-0.2, 0) is 23.3 Å². The van der Waals surface area contributed by atoms with E-state index in [9.17, 15) is 0 Å². The lowest BCUT2D eigenvalue weighted by Gasteiger charge is -2.32. The van der Waals surface area contributed by atoms with Crippen molar-refractivity contribution in [1.29, 1.82) is 0 Å². The van der Waals surface area contributed by atoms with E-state index in [0.29, 0.717) is 0 Å². The third-order valence-electron chi connectivity index (χ3n) is 5.72. The van der Waals surface area contributed by atoms with Crippen molar-refractivity contribution in [2.45, 2.75) is 58.6 Å². The Balaban J connectivity index is 0.00000280. The second kappa shape index (κ2) is 11.0. The van der Waals surface area contributed by atoms with Gasteiger partial charge in [0.15, 0.2) is 0 Å². The third kappa shape index (κ3) is 7.24. The highest BCUT2D eigenvalue weighted by molar-refractivity contribution is 5.85. The quantitative estimate of drug-likeness (QED) is 0.510. The number of hydrogen-bond acceptors (Lipinski definition) is 2. The van der Waals surface area contributed by atoms with E-state index >= 15 is 0 Å². The molecule has 3 heteroatoms. The summed E-state index contributed by atoms with van der Waals surface area (Å²) in [5.41, 5.74) is 4.31. The van der Waals surface area contributed by atoms with E-state index < -0.39 is 0 Å². The van der Waals surface area contributed by atoms with Gasteiger partial charge < -0.3 is 4.74 Å².